The second kappa shape index (κ2) is 31.6. The van der Waals surface area contributed by atoms with Crippen molar-refractivity contribution in [3.63, 3.8) is 0 Å². The minimum atomic E-state index is -1.60. The van der Waals surface area contributed by atoms with Crippen molar-refractivity contribution in [3.8, 4) is 0 Å². The molecular weight excluding hydrogens is 640 g/mol. The minimum absolute atomic E-state index is 0.205. The maximum atomic E-state index is 12.7. The number of carbonyl (C=O) groups excluding carboxylic acids is 2. The van der Waals surface area contributed by atoms with E-state index >= 15 is 0 Å². The largest absolute Gasteiger partial charge is 0.462 e. The van der Waals surface area contributed by atoms with E-state index in [4.69, 9.17) is 18.9 Å². The predicted octanol–water partition coefficient (Wildman–Crippen LogP) is 7.16. The van der Waals surface area contributed by atoms with Crippen LogP contribution in [0.2, 0.25) is 0 Å². The highest BCUT2D eigenvalue weighted by atomic mass is 16.7. The van der Waals surface area contributed by atoms with Crippen LogP contribution in [-0.2, 0) is 28.5 Å². The molecule has 0 aromatic heterocycles. The number of esters is 2. The topological polar surface area (TPSA) is 152 Å². The van der Waals surface area contributed by atoms with E-state index in [0.29, 0.717) is 6.42 Å². The van der Waals surface area contributed by atoms with Crippen molar-refractivity contribution in [2.45, 2.75) is 185 Å². The molecule has 0 aromatic rings. The number of hydrogen-bond donors (Lipinski definition) is 4. The number of aliphatic hydroxyl groups is 4. The maximum absolute atomic E-state index is 12.7. The summed E-state index contributed by atoms with van der Waals surface area (Å²) in [7, 11) is 0. The molecule has 0 bridgehead atoms. The van der Waals surface area contributed by atoms with Crippen molar-refractivity contribution in [1.82, 2.24) is 0 Å². The highest BCUT2D eigenvalue weighted by molar-refractivity contribution is 5.70. The molecule has 10 nitrogen and oxygen atoms in total. The predicted molar refractivity (Wildman–Crippen MR) is 196 cm³/mol. The molecule has 4 N–H and O–H groups in total. The molecule has 0 amide bonds. The molecule has 290 valence electrons. The molecule has 1 aliphatic rings. The van der Waals surface area contributed by atoms with Crippen LogP contribution in [0.3, 0.4) is 0 Å². The van der Waals surface area contributed by atoms with Crippen LogP contribution < -0.4 is 0 Å². The van der Waals surface area contributed by atoms with E-state index in [1.807, 2.05) is 0 Å². The fourth-order valence-corrected chi connectivity index (χ4v) is 5.60. The molecule has 1 saturated heterocycles. The smallest absolute Gasteiger partial charge is 0.306 e. The van der Waals surface area contributed by atoms with Crippen LogP contribution in [0.25, 0.3) is 0 Å². The fourth-order valence-electron chi connectivity index (χ4n) is 5.60. The Hall–Kier alpha value is -2.08. The summed E-state index contributed by atoms with van der Waals surface area (Å²) in [6.45, 7) is 3.31. The van der Waals surface area contributed by atoms with Gasteiger partial charge in [-0.15, -0.1) is 0 Å². The quantitative estimate of drug-likeness (QED) is 0.0331. The van der Waals surface area contributed by atoms with E-state index in [-0.39, 0.29) is 32.0 Å². The van der Waals surface area contributed by atoms with E-state index in [0.717, 1.165) is 64.2 Å². The van der Waals surface area contributed by atoms with Crippen molar-refractivity contribution in [3.05, 3.63) is 36.5 Å². The Bertz CT molecular complexity index is 918. The maximum Gasteiger partial charge on any atom is 0.306 e. The van der Waals surface area contributed by atoms with Gasteiger partial charge < -0.3 is 39.4 Å². The first-order chi connectivity index (χ1) is 24.3. The Morgan fingerprint density at radius 3 is 1.72 bits per heavy atom. The molecule has 0 aliphatic carbocycles. The number of hydrogen-bond acceptors (Lipinski definition) is 10. The Morgan fingerprint density at radius 2 is 1.12 bits per heavy atom. The molecule has 10 heteroatoms. The summed E-state index contributed by atoms with van der Waals surface area (Å²) in [5.41, 5.74) is 0. The van der Waals surface area contributed by atoms with Gasteiger partial charge in [-0.25, -0.2) is 0 Å². The van der Waals surface area contributed by atoms with E-state index in [1.54, 1.807) is 0 Å². The van der Waals surface area contributed by atoms with Gasteiger partial charge in [0.1, 0.15) is 31.0 Å². The molecule has 1 rings (SSSR count). The summed E-state index contributed by atoms with van der Waals surface area (Å²) >= 11 is 0. The van der Waals surface area contributed by atoms with Gasteiger partial charge in [0.15, 0.2) is 12.4 Å². The van der Waals surface area contributed by atoms with Crippen molar-refractivity contribution < 1.29 is 49.0 Å². The zero-order valence-electron chi connectivity index (χ0n) is 31.1. The van der Waals surface area contributed by atoms with Crippen LogP contribution in [0.5, 0.6) is 0 Å². The SMILES string of the molecule is CCCCC/C=C/C/C=C/C/C=C/CCCCCCC(=O)O[C@H](COC(=O)CCCCCCCCCC)CO[C@@H]1O[C@H](CO)[C@H](O)C(O)C1O. The molecule has 1 fully saturated rings. The molecule has 0 aromatic carbocycles. The fraction of sp³-hybridized carbons (Fsp3) is 0.800. The Kier molecular flexibility index (Phi) is 29.1. The average Bonchev–Trinajstić information content (AvgIpc) is 3.11. The minimum Gasteiger partial charge on any atom is -0.462 e. The Balaban J connectivity index is 2.39. The van der Waals surface area contributed by atoms with Crippen molar-refractivity contribution in [1.29, 1.82) is 0 Å². The first-order valence-electron chi connectivity index (χ1n) is 19.6. The Labute approximate surface area is 302 Å². The van der Waals surface area contributed by atoms with Crippen molar-refractivity contribution in [2.24, 2.45) is 0 Å². The van der Waals surface area contributed by atoms with Crippen LogP contribution in [0, 0.1) is 0 Å². The van der Waals surface area contributed by atoms with Crippen LogP contribution >= 0.6 is 0 Å². The molecule has 1 heterocycles. The average molecular weight is 711 g/mol. The molecule has 2 unspecified atom stereocenters. The van der Waals surface area contributed by atoms with Gasteiger partial charge in [0.05, 0.1) is 13.2 Å². The number of ether oxygens (including phenoxy) is 4. The van der Waals surface area contributed by atoms with Gasteiger partial charge in [-0.05, 0) is 51.4 Å². The normalized spacial score (nSPS) is 21.8. The third-order valence-corrected chi connectivity index (χ3v) is 8.78. The van der Waals surface area contributed by atoms with Crippen LogP contribution in [-0.4, -0.2) is 89.0 Å². The number of allylic oxidation sites excluding steroid dienone is 6. The van der Waals surface area contributed by atoms with Crippen molar-refractivity contribution in [2.75, 3.05) is 19.8 Å². The summed E-state index contributed by atoms with van der Waals surface area (Å²) in [4.78, 5) is 25.1. The van der Waals surface area contributed by atoms with Crippen LogP contribution in [0.1, 0.15) is 149 Å². The van der Waals surface area contributed by atoms with E-state index in [1.165, 1.54) is 51.4 Å². The third kappa shape index (κ3) is 23.4. The van der Waals surface area contributed by atoms with Gasteiger partial charge in [-0.3, -0.25) is 9.59 Å². The second-order valence-electron chi connectivity index (χ2n) is 13.4. The number of unbranched alkanes of at least 4 members (excludes halogenated alkanes) is 14. The number of carbonyl (C=O) groups is 2. The molecular formula is C40H70O10. The molecule has 1 aliphatic heterocycles. The van der Waals surface area contributed by atoms with Gasteiger partial charge in [0.25, 0.3) is 0 Å². The van der Waals surface area contributed by atoms with E-state index < -0.39 is 49.4 Å². The second-order valence-corrected chi connectivity index (χ2v) is 13.4. The summed E-state index contributed by atoms with van der Waals surface area (Å²) in [6, 6.07) is 0. The van der Waals surface area contributed by atoms with Gasteiger partial charge >= 0.3 is 11.9 Å². The number of aliphatic hydroxyl groups excluding tert-OH is 4. The summed E-state index contributed by atoms with van der Waals surface area (Å²) in [5, 5.41) is 39.9. The highest BCUT2D eigenvalue weighted by Crippen LogP contribution is 2.22. The lowest BCUT2D eigenvalue weighted by Gasteiger charge is -2.39. The monoisotopic (exact) mass is 710 g/mol. The molecule has 0 radical (unpaired) electrons. The molecule has 50 heavy (non-hydrogen) atoms. The van der Waals surface area contributed by atoms with Gasteiger partial charge in [-0.1, -0.05) is 121 Å². The van der Waals surface area contributed by atoms with Crippen LogP contribution in [0.4, 0.5) is 0 Å². The summed E-state index contributed by atoms with van der Waals surface area (Å²) in [5.74, 6) is -0.839. The third-order valence-electron chi connectivity index (χ3n) is 8.78. The van der Waals surface area contributed by atoms with Crippen LogP contribution in [0.15, 0.2) is 36.5 Å². The lowest BCUT2D eigenvalue weighted by atomic mass is 9.99. The Morgan fingerprint density at radius 1 is 0.620 bits per heavy atom. The molecule has 6 atom stereocenters. The lowest BCUT2D eigenvalue weighted by Crippen LogP contribution is -2.59. The van der Waals surface area contributed by atoms with Gasteiger partial charge in [0, 0.05) is 12.8 Å². The first-order valence-corrected chi connectivity index (χ1v) is 19.6. The zero-order valence-corrected chi connectivity index (χ0v) is 31.1. The van der Waals surface area contributed by atoms with E-state index in [2.05, 4.69) is 50.3 Å². The van der Waals surface area contributed by atoms with Gasteiger partial charge in [0.2, 0.25) is 0 Å². The summed E-state index contributed by atoms with van der Waals surface area (Å²) in [6.07, 6.45) is 25.9. The van der Waals surface area contributed by atoms with Gasteiger partial charge in [-0.2, -0.15) is 0 Å². The summed E-state index contributed by atoms with van der Waals surface area (Å²) < 4.78 is 22.0. The zero-order chi connectivity index (χ0) is 36.7. The van der Waals surface area contributed by atoms with Crippen molar-refractivity contribution >= 4 is 11.9 Å². The lowest BCUT2D eigenvalue weighted by molar-refractivity contribution is -0.305. The van der Waals surface area contributed by atoms with E-state index in [9.17, 15) is 30.0 Å². The standard InChI is InChI=1S/C40H70O10/c1-3-5-7-9-11-13-14-15-16-17-18-19-20-21-23-25-27-29-36(43)49-33(31-47-35(42)28-26-24-22-12-10-8-6-4-2)32-48-40-39(46)38(45)37(44)34(30-41)50-40/h11,13,15-16,18-19,33-34,37-41,44-46H,3-10,12,14,17,20-32H2,1-2H3/b13-11+,16-15+,19-18+/t33-,34-,37+,38?,39?,40-/m1/s1. The highest BCUT2D eigenvalue weighted by Gasteiger charge is 2.44. The molecule has 0 saturated carbocycles. The first kappa shape index (κ1) is 45.9. The number of rotatable bonds is 31. The molecule has 0 spiro atoms.